The average molecular weight is 392 g/mol. The molecule has 1 unspecified atom stereocenters. The van der Waals surface area contributed by atoms with E-state index in [1.54, 1.807) is 0 Å². The van der Waals surface area contributed by atoms with E-state index in [1.807, 2.05) is 32.0 Å². The smallest absolute Gasteiger partial charge is 0.371 e. The molecule has 0 spiro atoms. The Hall–Kier alpha value is -2.65. The van der Waals surface area contributed by atoms with Crippen molar-refractivity contribution in [3.63, 3.8) is 0 Å². The molecular weight excluding hydrogens is 372 g/mol. The molecule has 3 rings (SSSR count). The Morgan fingerprint density at radius 3 is 2.63 bits per heavy atom. The normalized spacial score (nSPS) is 17.8. The number of carbonyl (C=O) groups is 2. The minimum Gasteiger partial charge on any atom is -0.475 e. The van der Waals surface area contributed by atoms with Crippen LogP contribution in [0.1, 0.15) is 34.5 Å². The third-order valence-electron chi connectivity index (χ3n) is 4.51. The molecule has 27 heavy (non-hydrogen) atoms. The van der Waals surface area contributed by atoms with Crippen LogP contribution >= 0.6 is 0 Å². The molecule has 1 aliphatic heterocycles. The van der Waals surface area contributed by atoms with Crippen molar-refractivity contribution >= 4 is 27.6 Å². The number of nitrogens with zero attached hydrogens (tertiary/aromatic N) is 1. The molecule has 2 heterocycles. The summed E-state index contributed by atoms with van der Waals surface area (Å²) in [4.78, 5) is 23.7. The lowest BCUT2D eigenvalue weighted by atomic mass is 10.1. The molecule has 0 radical (unpaired) electrons. The highest BCUT2D eigenvalue weighted by Gasteiger charge is 2.41. The number of aryl methyl sites for hydroxylation is 2. The summed E-state index contributed by atoms with van der Waals surface area (Å²) in [6.07, 6.45) is 0.902. The Morgan fingerprint density at radius 1 is 1.22 bits per heavy atom. The monoisotopic (exact) mass is 392 g/mol. The van der Waals surface area contributed by atoms with Crippen LogP contribution in [0.5, 0.6) is 0 Å². The van der Waals surface area contributed by atoms with Gasteiger partial charge in [0.05, 0.1) is 0 Å². The van der Waals surface area contributed by atoms with Gasteiger partial charge in [-0.05, 0) is 56.0 Å². The third-order valence-corrected chi connectivity index (χ3v) is 6.29. The highest BCUT2D eigenvalue weighted by atomic mass is 32.2. The van der Waals surface area contributed by atoms with Crippen LogP contribution in [0.3, 0.4) is 0 Å². The minimum absolute atomic E-state index is 0.163. The Morgan fingerprint density at radius 2 is 1.96 bits per heavy atom. The first-order valence-electron chi connectivity index (χ1n) is 8.43. The van der Waals surface area contributed by atoms with Crippen LogP contribution in [0.2, 0.25) is 0 Å². The number of furan rings is 1. The third kappa shape index (κ3) is 3.74. The molecular formula is C18H20N2O6S. The summed E-state index contributed by atoms with van der Waals surface area (Å²) in [7, 11) is -4.11. The van der Waals surface area contributed by atoms with Crippen LogP contribution in [-0.2, 0) is 14.8 Å². The molecule has 0 aliphatic carbocycles. The van der Waals surface area contributed by atoms with Crippen LogP contribution in [0.25, 0.3) is 0 Å². The lowest BCUT2D eigenvalue weighted by molar-refractivity contribution is -0.119. The summed E-state index contributed by atoms with van der Waals surface area (Å²) in [6, 6.07) is 6.92. The number of carboxylic acids is 1. The molecule has 1 aromatic heterocycles. The largest absolute Gasteiger partial charge is 0.475 e. The fraction of sp³-hybridized carbons (Fsp3) is 0.333. The number of nitrogens with one attached hydrogen (secondary N) is 1. The molecule has 0 saturated carbocycles. The Bertz CT molecular complexity index is 995. The number of carboxylic acid groups (broad SMARTS) is 1. The predicted molar refractivity (Wildman–Crippen MR) is 97.1 cm³/mol. The summed E-state index contributed by atoms with van der Waals surface area (Å²) in [5, 5.41) is 11.2. The zero-order chi connectivity index (χ0) is 19.8. The van der Waals surface area contributed by atoms with Gasteiger partial charge in [0.15, 0.2) is 0 Å². The molecule has 1 aromatic carbocycles. The molecule has 1 fully saturated rings. The second-order valence-electron chi connectivity index (χ2n) is 6.51. The number of sulfonamides is 1. The second-order valence-corrected chi connectivity index (χ2v) is 8.33. The number of amides is 1. The number of anilines is 1. The van der Waals surface area contributed by atoms with Crippen molar-refractivity contribution in [1.29, 1.82) is 0 Å². The van der Waals surface area contributed by atoms with Gasteiger partial charge in [0.1, 0.15) is 6.04 Å². The van der Waals surface area contributed by atoms with Crippen LogP contribution in [-0.4, -0.2) is 42.3 Å². The zero-order valence-electron chi connectivity index (χ0n) is 14.9. The molecule has 0 bridgehead atoms. The predicted octanol–water partition coefficient (Wildman–Crippen LogP) is 2.39. The first kappa shape index (κ1) is 19.1. The summed E-state index contributed by atoms with van der Waals surface area (Å²) in [5.74, 6) is -2.25. The summed E-state index contributed by atoms with van der Waals surface area (Å²) in [6.45, 7) is 3.92. The highest BCUT2D eigenvalue weighted by molar-refractivity contribution is 7.89. The standard InChI is InChI=1S/C18H20N2O6S/c1-11-5-6-12(2)13(10-11)19-17(21)14-4-3-9-20(14)27(24,25)16-8-7-15(26-16)18(22)23/h5-8,10,14H,3-4,9H2,1-2H3,(H,19,21)(H,22,23). The molecule has 144 valence electrons. The molecule has 2 aromatic rings. The quantitative estimate of drug-likeness (QED) is 0.807. The van der Waals surface area contributed by atoms with E-state index in [0.717, 1.165) is 27.6 Å². The summed E-state index contributed by atoms with van der Waals surface area (Å²) < 4.78 is 31.6. The number of hydrogen-bond donors (Lipinski definition) is 2. The zero-order valence-corrected chi connectivity index (χ0v) is 15.7. The van der Waals surface area contributed by atoms with Crippen LogP contribution in [0.4, 0.5) is 5.69 Å². The maximum absolute atomic E-state index is 12.8. The van der Waals surface area contributed by atoms with Gasteiger partial charge in [-0.1, -0.05) is 12.1 Å². The molecule has 2 N–H and O–H groups in total. The van der Waals surface area contributed by atoms with Gasteiger partial charge in [-0.15, -0.1) is 0 Å². The van der Waals surface area contributed by atoms with E-state index in [2.05, 4.69) is 5.32 Å². The van der Waals surface area contributed by atoms with E-state index in [0.29, 0.717) is 18.5 Å². The van der Waals surface area contributed by atoms with Gasteiger partial charge in [0.25, 0.3) is 10.0 Å². The molecule has 1 aliphatic rings. The van der Waals surface area contributed by atoms with Gasteiger partial charge in [0, 0.05) is 12.2 Å². The Kier molecular flexibility index (Phi) is 5.07. The van der Waals surface area contributed by atoms with E-state index in [-0.39, 0.29) is 6.54 Å². The molecule has 9 heteroatoms. The van der Waals surface area contributed by atoms with Gasteiger partial charge < -0.3 is 14.8 Å². The van der Waals surface area contributed by atoms with Crippen molar-refractivity contribution in [2.45, 2.75) is 37.8 Å². The molecule has 1 saturated heterocycles. The second kappa shape index (κ2) is 7.16. The van der Waals surface area contributed by atoms with Crippen molar-refractivity contribution in [3.05, 3.63) is 47.2 Å². The van der Waals surface area contributed by atoms with Crippen molar-refractivity contribution in [2.24, 2.45) is 0 Å². The van der Waals surface area contributed by atoms with E-state index >= 15 is 0 Å². The lowest BCUT2D eigenvalue weighted by Crippen LogP contribution is -2.43. The van der Waals surface area contributed by atoms with Crippen molar-refractivity contribution in [3.8, 4) is 0 Å². The average Bonchev–Trinajstić information content (AvgIpc) is 3.27. The highest BCUT2D eigenvalue weighted by Crippen LogP contribution is 2.28. The Balaban J connectivity index is 1.84. The van der Waals surface area contributed by atoms with Gasteiger partial charge >= 0.3 is 5.97 Å². The van der Waals surface area contributed by atoms with Crippen molar-refractivity contribution < 1.29 is 27.5 Å². The maximum Gasteiger partial charge on any atom is 0.371 e. The number of rotatable bonds is 5. The van der Waals surface area contributed by atoms with Gasteiger partial charge in [-0.25, -0.2) is 13.2 Å². The van der Waals surface area contributed by atoms with Gasteiger partial charge in [0.2, 0.25) is 16.8 Å². The number of aromatic carboxylic acids is 1. The SMILES string of the molecule is Cc1ccc(C)c(NC(=O)C2CCCN2S(=O)(=O)c2ccc(C(=O)O)o2)c1. The Labute approximate surface area is 156 Å². The topological polar surface area (TPSA) is 117 Å². The summed E-state index contributed by atoms with van der Waals surface area (Å²) in [5.41, 5.74) is 2.48. The molecule has 1 amide bonds. The van der Waals surface area contributed by atoms with E-state index in [9.17, 15) is 18.0 Å². The fourth-order valence-corrected chi connectivity index (χ4v) is 4.64. The number of carbonyl (C=O) groups excluding carboxylic acids is 1. The van der Waals surface area contributed by atoms with E-state index < -0.39 is 38.8 Å². The van der Waals surface area contributed by atoms with Crippen molar-refractivity contribution in [1.82, 2.24) is 4.31 Å². The van der Waals surface area contributed by atoms with Crippen LogP contribution in [0.15, 0.2) is 39.8 Å². The number of hydrogen-bond acceptors (Lipinski definition) is 5. The fourth-order valence-electron chi connectivity index (χ4n) is 3.07. The molecule has 1 atom stereocenters. The van der Waals surface area contributed by atoms with E-state index in [1.165, 1.54) is 0 Å². The van der Waals surface area contributed by atoms with Crippen LogP contribution < -0.4 is 5.32 Å². The first-order chi connectivity index (χ1) is 12.7. The number of benzene rings is 1. The first-order valence-corrected chi connectivity index (χ1v) is 9.87. The van der Waals surface area contributed by atoms with Crippen LogP contribution in [0, 0.1) is 13.8 Å². The molecule has 8 nitrogen and oxygen atoms in total. The lowest BCUT2D eigenvalue weighted by Gasteiger charge is -2.22. The van der Waals surface area contributed by atoms with Crippen molar-refractivity contribution in [2.75, 3.05) is 11.9 Å². The van der Waals surface area contributed by atoms with Gasteiger partial charge in [-0.2, -0.15) is 4.31 Å². The van der Waals surface area contributed by atoms with Gasteiger partial charge in [-0.3, -0.25) is 4.79 Å². The maximum atomic E-state index is 12.8. The summed E-state index contributed by atoms with van der Waals surface area (Å²) >= 11 is 0. The van der Waals surface area contributed by atoms with E-state index in [4.69, 9.17) is 9.52 Å². The minimum atomic E-state index is -4.11.